The Bertz CT molecular complexity index is 878. The number of nitrogens with zero attached hydrogens (tertiary/aromatic N) is 4. The molecule has 0 saturated carbocycles. The normalized spacial score (nSPS) is 17.2. The molecule has 1 aromatic heterocycles. The monoisotopic (exact) mass is 372 g/mol. The first kappa shape index (κ1) is 18.9. The van der Waals surface area contributed by atoms with Gasteiger partial charge >= 0.3 is 12.1 Å². The second kappa shape index (κ2) is 7.02. The topological polar surface area (TPSA) is 95.9 Å². The molecule has 1 saturated heterocycles. The second-order valence-corrected chi connectivity index (χ2v) is 7.67. The van der Waals surface area contributed by atoms with E-state index >= 15 is 0 Å². The van der Waals surface area contributed by atoms with E-state index in [1.165, 1.54) is 6.20 Å². The number of fused-ring (bicyclic) bond motifs is 1. The number of hydrogen-bond donors (Lipinski definition) is 1. The van der Waals surface area contributed by atoms with Gasteiger partial charge in [-0.2, -0.15) is 0 Å². The molecule has 1 aromatic carbocycles. The highest BCUT2D eigenvalue weighted by atomic mass is 16.6. The molecule has 1 unspecified atom stereocenters. The van der Waals surface area contributed by atoms with E-state index in [1.54, 1.807) is 23.2 Å². The summed E-state index contributed by atoms with van der Waals surface area (Å²) >= 11 is 0. The van der Waals surface area contributed by atoms with Crippen LogP contribution < -0.4 is 4.90 Å². The van der Waals surface area contributed by atoms with Gasteiger partial charge in [-0.1, -0.05) is 0 Å². The van der Waals surface area contributed by atoms with Gasteiger partial charge in [0.15, 0.2) is 0 Å². The summed E-state index contributed by atoms with van der Waals surface area (Å²) in [6, 6.07) is 3.38. The van der Waals surface area contributed by atoms with Crippen LogP contribution in [0, 0.1) is 0 Å². The molecule has 0 aliphatic carbocycles. The van der Waals surface area contributed by atoms with Gasteiger partial charge in [-0.05, 0) is 39.3 Å². The quantitative estimate of drug-likeness (QED) is 0.885. The minimum atomic E-state index is -1.04. The van der Waals surface area contributed by atoms with Crippen LogP contribution >= 0.6 is 0 Å². The predicted molar refractivity (Wildman–Crippen MR) is 101 cm³/mol. The molecule has 1 atom stereocenters. The van der Waals surface area contributed by atoms with E-state index in [9.17, 15) is 14.7 Å². The van der Waals surface area contributed by atoms with Crippen molar-refractivity contribution in [2.45, 2.75) is 38.8 Å². The molecule has 0 spiro atoms. The van der Waals surface area contributed by atoms with Gasteiger partial charge in [0.05, 0.1) is 11.3 Å². The SMILES string of the molecule is CN(c1ccc(C(=O)O)c2nccnc12)C1CCN(C(=O)OC(C)(C)C)C1. The zero-order chi connectivity index (χ0) is 19.8. The highest BCUT2D eigenvalue weighted by molar-refractivity contribution is 6.04. The van der Waals surface area contributed by atoms with Crippen molar-refractivity contribution < 1.29 is 19.4 Å². The third kappa shape index (κ3) is 3.94. The molecule has 27 heavy (non-hydrogen) atoms. The molecule has 1 amide bonds. The van der Waals surface area contributed by atoms with Gasteiger partial charge in [0, 0.05) is 38.6 Å². The standard InChI is InChI=1S/C19H24N4O4/c1-19(2,3)27-18(26)23-10-7-12(11-23)22(4)14-6-5-13(17(24)25)15-16(14)21-9-8-20-15/h5-6,8-9,12H,7,10-11H2,1-4H3,(H,24,25). The lowest BCUT2D eigenvalue weighted by molar-refractivity contribution is 0.0292. The molecule has 0 bridgehead atoms. The molecule has 0 radical (unpaired) electrons. The predicted octanol–water partition coefficient (Wildman–Crippen LogP) is 2.77. The highest BCUT2D eigenvalue weighted by Gasteiger charge is 2.32. The van der Waals surface area contributed by atoms with Crippen LogP contribution in [0.5, 0.6) is 0 Å². The fourth-order valence-corrected chi connectivity index (χ4v) is 3.25. The van der Waals surface area contributed by atoms with E-state index in [0.29, 0.717) is 24.1 Å². The highest BCUT2D eigenvalue weighted by Crippen LogP contribution is 2.29. The van der Waals surface area contributed by atoms with Gasteiger partial charge < -0.3 is 19.6 Å². The lowest BCUT2D eigenvalue weighted by atomic mass is 10.1. The summed E-state index contributed by atoms with van der Waals surface area (Å²) in [4.78, 5) is 36.0. The van der Waals surface area contributed by atoms with Gasteiger partial charge in [0.1, 0.15) is 16.6 Å². The van der Waals surface area contributed by atoms with E-state index in [-0.39, 0.29) is 17.7 Å². The number of aromatic carboxylic acids is 1. The summed E-state index contributed by atoms with van der Waals surface area (Å²) in [5.74, 6) is -1.04. The third-order valence-electron chi connectivity index (χ3n) is 4.58. The van der Waals surface area contributed by atoms with Gasteiger partial charge in [-0.15, -0.1) is 0 Å². The Kier molecular flexibility index (Phi) is 4.91. The summed E-state index contributed by atoms with van der Waals surface area (Å²) in [6.07, 6.45) is 3.51. The summed E-state index contributed by atoms with van der Waals surface area (Å²) in [5.41, 5.74) is 1.28. The number of aromatic nitrogens is 2. The smallest absolute Gasteiger partial charge is 0.410 e. The minimum Gasteiger partial charge on any atom is -0.478 e. The molecule has 3 rings (SSSR count). The second-order valence-electron chi connectivity index (χ2n) is 7.67. The van der Waals surface area contributed by atoms with Gasteiger partial charge in [0.25, 0.3) is 0 Å². The number of hydrogen-bond acceptors (Lipinski definition) is 6. The van der Waals surface area contributed by atoms with Gasteiger partial charge in [0.2, 0.25) is 0 Å². The number of ether oxygens (including phenoxy) is 1. The lowest BCUT2D eigenvalue weighted by Gasteiger charge is -2.28. The summed E-state index contributed by atoms with van der Waals surface area (Å²) in [7, 11) is 1.92. The van der Waals surface area contributed by atoms with Crippen molar-refractivity contribution in [3.63, 3.8) is 0 Å². The Morgan fingerprint density at radius 3 is 2.52 bits per heavy atom. The molecule has 1 fully saturated rings. The van der Waals surface area contributed by atoms with Gasteiger partial charge in [-0.25, -0.2) is 9.59 Å². The van der Waals surface area contributed by atoms with Crippen LogP contribution in [-0.4, -0.2) is 63.8 Å². The first-order valence-corrected chi connectivity index (χ1v) is 8.85. The Morgan fingerprint density at radius 1 is 1.22 bits per heavy atom. The van der Waals surface area contributed by atoms with Crippen LogP contribution in [0.25, 0.3) is 11.0 Å². The number of anilines is 1. The van der Waals surface area contributed by atoms with Crippen molar-refractivity contribution in [3.05, 3.63) is 30.1 Å². The van der Waals surface area contributed by atoms with Crippen LogP contribution in [0.15, 0.2) is 24.5 Å². The number of carboxylic acid groups (broad SMARTS) is 1. The Balaban J connectivity index is 1.83. The average molecular weight is 372 g/mol. The first-order chi connectivity index (χ1) is 12.7. The van der Waals surface area contributed by atoms with Crippen LogP contribution in [0.2, 0.25) is 0 Å². The summed E-state index contributed by atoms with van der Waals surface area (Å²) < 4.78 is 5.45. The van der Waals surface area contributed by atoms with Crippen molar-refractivity contribution >= 4 is 28.8 Å². The third-order valence-corrected chi connectivity index (χ3v) is 4.58. The van der Waals surface area contributed by atoms with Crippen molar-refractivity contribution in [2.75, 3.05) is 25.0 Å². The molecule has 8 heteroatoms. The zero-order valence-corrected chi connectivity index (χ0v) is 16.0. The van der Waals surface area contributed by atoms with Crippen molar-refractivity contribution in [1.82, 2.24) is 14.9 Å². The largest absolute Gasteiger partial charge is 0.478 e. The molecule has 8 nitrogen and oxygen atoms in total. The molecular formula is C19H24N4O4. The fourth-order valence-electron chi connectivity index (χ4n) is 3.25. The number of benzene rings is 1. The molecule has 2 heterocycles. The lowest BCUT2D eigenvalue weighted by Crippen LogP contribution is -2.39. The number of likely N-dealkylation sites (N-methyl/N-ethyl adjacent to an activating group) is 1. The van der Waals surface area contributed by atoms with Crippen molar-refractivity contribution in [1.29, 1.82) is 0 Å². The van der Waals surface area contributed by atoms with E-state index in [2.05, 4.69) is 9.97 Å². The average Bonchev–Trinajstić information content (AvgIpc) is 3.09. The fraction of sp³-hybridized carbons (Fsp3) is 0.474. The van der Waals surface area contributed by atoms with Crippen LogP contribution in [-0.2, 0) is 4.74 Å². The minimum absolute atomic E-state index is 0.0819. The molecule has 2 aromatic rings. The van der Waals surface area contributed by atoms with E-state index in [4.69, 9.17) is 4.74 Å². The molecule has 1 aliphatic rings. The van der Waals surface area contributed by atoms with Crippen molar-refractivity contribution in [2.24, 2.45) is 0 Å². The Hall–Kier alpha value is -2.90. The molecular weight excluding hydrogens is 348 g/mol. The number of carboxylic acids is 1. The number of carbonyl (C=O) groups excluding carboxylic acids is 1. The van der Waals surface area contributed by atoms with Crippen LogP contribution in [0.1, 0.15) is 37.6 Å². The van der Waals surface area contributed by atoms with E-state index in [1.807, 2.05) is 32.7 Å². The molecule has 1 aliphatic heterocycles. The number of rotatable bonds is 3. The Morgan fingerprint density at radius 2 is 1.89 bits per heavy atom. The first-order valence-electron chi connectivity index (χ1n) is 8.85. The van der Waals surface area contributed by atoms with E-state index in [0.717, 1.165) is 12.1 Å². The number of amides is 1. The Labute approximate surface area is 157 Å². The summed E-state index contributed by atoms with van der Waals surface area (Å²) in [5, 5.41) is 9.37. The maximum absolute atomic E-state index is 12.3. The molecule has 1 N–H and O–H groups in total. The van der Waals surface area contributed by atoms with Crippen LogP contribution in [0.4, 0.5) is 10.5 Å². The maximum atomic E-state index is 12.3. The zero-order valence-electron chi connectivity index (χ0n) is 16.0. The molecule has 144 valence electrons. The van der Waals surface area contributed by atoms with Crippen LogP contribution in [0.3, 0.4) is 0 Å². The van der Waals surface area contributed by atoms with E-state index < -0.39 is 11.6 Å². The van der Waals surface area contributed by atoms with Gasteiger partial charge in [-0.3, -0.25) is 9.97 Å². The maximum Gasteiger partial charge on any atom is 0.410 e. The number of carbonyl (C=O) groups is 2. The van der Waals surface area contributed by atoms with Crippen molar-refractivity contribution in [3.8, 4) is 0 Å². The summed E-state index contributed by atoms with van der Waals surface area (Å²) in [6.45, 7) is 6.69. The number of likely N-dealkylation sites (tertiary alicyclic amines) is 1.